The van der Waals surface area contributed by atoms with Crippen molar-refractivity contribution < 1.29 is 19.7 Å². The average Bonchev–Trinajstić information content (AvgIpc) is 2.08. The molecule has 1 aliphatic heterocycles. The van der Waals surface area contributed by atoms with Gasteiger partial charge in [-0.1, -0.05) is 6.92 Å². The zero-order chi connectivity index (χ0) is 9.30. The van der Waals surface area contributed by atoms with Crippen LogP contribution in [0.2, 0.25) is 0 Å². The van der Waals surface area contributed by atoms with Gasteiger partial charge in [0.15, 0.2) is 6.29 Å². The highest BCUT2D eigenvalue weighted by molar-refractivity contribution is 4.84. The molecule has 0 unspecified atom stereocenters. The van der Waals surface area contributed by atoms with Crippen molar-refractivity contribution in [1.82, 2.24) is 0 Å². The van der Waals surface area contributed by atoms with Gasteiger partial charge in [0, 0.05) is 13.0 Å². The van der Waals surface area contributed by atoms with Crippen LogP contribution in [0.5, 0.6) is 0 Å². The molecule has 1 saturated heterocycles. The zero-order valence-corrected chi connectivity index (χ0v) is 7.60. The van der Waals surface area contributed by atoms with Crippen LogP contribution in [-0.4, -0.2) is 41.9 Å². The summed E-state index contributed by atoms with van der Waals surface area (Å²) in [5, 5.41) is 19.0. The Labute approximate surface area is 72.1 Å². The second kappa shape index (κ2) is 3.70. The number of methoxy groups -OCH3 is 1. The molecule has 0 aromatic heterocycles. The fourth-order valence-corrected chi connectivity index (χ4v) is 1.44. The summed E-state index contributed by atoms with van der Waals surface area (Å²) < 4.78 is 10.1. The van der Waals surface area contributed by atoms with Gasteiger partial charge in [-0.25, -0.2) is 0 Å². The van der Waals surface area contributed by atoms with Gasteiger partial charge >= 0.3 is 0 Å². The molecule has 0 bridgehead atoms. The first-order valence-corrected chi connectivity index (χ1v) is 4.12. The number of ether oxygens (including phenoxy) is 2. The molecule has 0 aromatic carbocycles. The molecule has 2 N–H and O–H groups in total. The Kier molecular flexibility index (Phi) is 3.06. The van der Waals surface area contributed by atoms with Gasteiger partial charge in [-0.05, 0) is 6.92 Å². The van der Waals surface area contributed by atoms with Crippen LogP contribution in [0.15, 0.2) is 0 Å². The zero-order valence-electron chi connectivity index (χ0n) is 7.60. The first kappa shape index (κ1) is 9.92. The maximum Gasteiger partial charge on any atom is 0.183 e. The first-order chi connectivity index (χ1) is 5.57. The normalized spacial score (nSPS) is 49.2. The lowest BCUT2D eigenvalue weighted by Crippen LogP contribution is -2.52. The summed E-state index contributed by atoms with van der Waals surface area (Å²) in [4.78, 5) is 0. The van der Waals surface area contributed by atoms with Gasteiger partial charge in [0.05, 0.1) is 12.2 Å². The third-order valence-corrected chi connectivity index (χ3v) is 2.42. The number of rotatable bonds is 1. The van der Waals surface area contributed by atoms with Crippen molar-refractivity contribution in [2.45, 2.75) is 38.4 Å². The molecule has 4 nitrogen and oxygen atoms in total. The Morgan fingerprint density at radius 1 is 1.17 bits per heavy atom. The van der Waals surface area contributed by atoms with E-state index in [1.54, 1.807) is 13.8 Å². The minimum Gasteiger partial charge on any atom is -0.390 e. The van der Waals surface area contributed by atoms with Gasteiger partial charge in [-0.15, -0.1) is 0 Å². The summed E-state index contributed by atoms with van der Waals surface area (Å²) >= 11 is 0. The number of hydrogen-bond donors (Lipinski definition) is 2. The topological polar surface area (TPSA) is 58.9 Å². The van der Waals surface area contributed by atoms with E-state index in [1.165, 1.54) is 7.11 Å². The Morgan fingerprint density at radius 2 is 1.75 bits per heavy atom. The van der Waals surface area contributed by atoms with E-state index in [2.05, 4.69) is 0 Å². The third kappa shape index (κ3) is 1.61. The van der Waals surface area contributed by atoms with Gasteiger partial charge in [0.1, 0.15) is 6.10 Å². The van der Waals surface area contributed by atoms with E-state index >= 15 is 0 Å². The molecule has 12 heavy (non-hydrogen) atoms. The fraction of sp³-hybridized carbons (Fsp3) is 1.00. The summed E-state index contributed by atoms with van der Waals surface area (Å²) in [5.41, 5.74) is 0. The van der Waals surface area contributed by atoms with Crippen LogP contribution in [-0.2, 0) is 9.47 Å². The first-order valence-electron chi connectivity index (χ1n) is 4.12. The van der Waals surface area contributed by atoms with Crippen molar-refractivity contribution >= 4 is 0 Å². The molecule has 0 spiro atoms. The van der Waals surface area contributed by atoms with Gasteiger partial charge < -0.3 is 19.7 Å². The van der Waals surface area contributed by atoms with Crippen LogP contribution < -0.4 is 0 Å². The quantitative estimate of drug-likeness (QED) is 0.577. The standard InChI is InChI=1S/C8H16O4/c1-4-6(9)5(2)12-8(11-3)7(4)10/h4-10H,1-3H3/t4-,5+,6-,7+,8-/m0/s1. The van der Waals surface area contributed by atoms with Gasteiger partial charge in [0.25, 0.3) is 0 Å². The lowest BCUT2D eigenvalue weighted by atomic mass is 9.91. The molecule has 1 fully saturated rings. The van der Waals surface area contributed by atoms with Gasteiger partial charge in [-0.3, -0.25) is 0 Å². The molecular formula is C8H16O4. The summed E-state index contributed by atoms with van der Waals surface area (Å²) in [5.74, 6) is -0.210. The maximum atomic E-state index is 9.52. The van der Waals surface area contributed by atoms with E-state index in [0.717, 1.165) is 0 Å². The van der Waals surface area contributed by atoms with E-state index in [-0.39, 0.29) is 12.0 Å². The lowest BCUT2D eigenvalue weighted by molar-refractivity contribution is -0.270. The molecule has 4 heteroatoms. The Bertz CT molecular complexity index is 145. The molecule has 0 radical (unpaired) electrons. The predicted octanol–water partition coefficient (Wildman–Crippen LogP) is -0.264. The Balaban J connectivity index is 2.63. The maximum absolute atomic E-state index is 9.52. The SMILES string of the molecule is CO[C@H]1O[C@H](C)[C@@H](O)[C@H](C)[C@H]1O. The molecule has 0 aromatic rings. The van der Waals surface area contributed by atoms with Crippen molar-refractivity contribution in [3.63, 3.8) is 0 Å². The summed E-state index contributed by atoms with van der Waals surface area (Å²) in [6.07, 6.45) is -2.26. The highest BCUT2D eigenvalue weighted by Crippen LogP contribution is 2.25. The lowest BCUT2D eigenvalue weighted by Gasteiger charge is -2.39. The molecular weight excluding hydrogens is 160 g/mol. The molecule has 1 rings (SSSR count). The van der Waals surface area contributed by atoms with Crippen LogP contribution in [0.1, 0.15) is 13.8 Å². The van der Waals surface area contributed by atoms with Crippen LogP contribution in [0, 0.1) is 5.92 Å². The van der Waals surface area contributed by atoms with E-state index in [1.807, 2.05) is 0 Å². The molecule has 0 saturated carbocycles. The molecule has 72 valence electrons. The Morgan fingerprint density at radius 3 is 2.25 bits per heavy atom. The van der Waals surface area contributed by atoms with E-state index < -0.39 is 18.5 Å². The van der Waals surface area contributed by atoms with Crippen molar-refractivity contribution in [2.24, 2.45) is 5.92 Å². The molecule has 0 amide bonds. The minimum atomic E-state index is -0.749. The third-order valence-electron chi connectivity index (χ3n) is 2.42. The number of hydrogen-bond acceptors (Lipinski definition) is 4. The van der Waals surface area contributed by atoms with Crippen molar-refractivity contribution in [3.05, 3.63) is 0 Å². The average molecular weight is 176 g/mol. The van der Waals surface area contributed by atoms with Crippen molar-refractivity contribution in [3.8, 4) is 0 Å². The summed E-state index contributed by atoms with van der Waals surface area (Å²) in [6.45, 7) is 3.54. The van der Waals surface area contributed by atoms with Crippen LogP contribution in [0.25, 0.3) is 0 Å². The molecule has 0 aliphatic carbocycles. The molecule has 1 heterocycles. The second-order valence-electron chi connectivity index (χ2n) is 3.29. The van der Waals surface area contributed by atoms with Gasteiger partial charge in [-0.2, -0.15) is 0 Å². The van der Waals surface area contributed by atoms with Crippen LogP contribution >= 0.6 is 0 Å². The van der Waals surface area contributed by atoms with E-state index in [9.17, 15) is 10.2 Å². The smallest absolute Gasteiger partial charge is 0.183 e. The highest BCUT2D eigenvalue weighted by Gasteiger charge is 2.39. The van der Waals surface area contributed by atoms with Crippen molar-refractivity contribution in [1.29, 1.82) is 0 Å². The van der Waals surface area contributed by atoms with E-state index in [4.69, 9.17) is 9.47 Å². The predicted molar refractivity (Wildman–Crippen MR) is 42.5 cm³/mol. The molecule has 5 atom stereocenters. The Hall–Kier alpha value is -0.160. The number of aliphatic hydroxyl groups is 2. The van der Waals surface area contributed by atoms with Crippen LogP contribution in [0.3, 0.4) is 0 Å². The minimum absolute atomic E-state index is 0.210. The molecule has 1 aliphatic rings. The van der Waals surface area contributed by atoms with Crippen LogP contribution in [0.4, 0.5) is 0 Å². The second-order valence-corrected chi connectivity index (χ2v) is 3.29. The summed E-state index contributed by atoms with van der Waals surface area (Å²) in [6, 6.07) is 0. The summed E-state index contributed by atoms with van der Waals surface area (Å²) in [7, 11) is 1.48. The fourth-order valence-electron chi connectivity index (χ4n) is 1.44. The largest absolute Gasteiger partial charge is 0.390 e. The van der Waals surface area contributed by atoms with Crippen molar-refractivity contribution in [2.75, 3.05) is 7.11 Å². The van der Waals surface area contributed by atoms with Gasteiger partial charge in [0.2, 0.25) is 0 Å². The van der Waals surface area contributed by atoms with E-state index in [0.29, 0.717) is 0 Å². The highest BCUT2D eigenvalue weighted by atomic mass is 16.7. The number of aliphatic hydroxyl groups excluding tert-OH is 2. The monoisotopic (exact) mass is 176 g/mol.